The molecule has 10 heteroatoms. The van der Waals surface area contributed by atoms with Gasteiger partial charge in [0.1, 0.15) is 5.82 Å². The van der Waals surface area contributed by atoms with Crippen LogP contribution in [0.5, 0.6) is 0 Å². The Hall–Kier alpha value is -2.17. The first-order chi connectivity index (χ1) is 16.4. The van der Waals surface area contributed by atoms with Crippen molar-refractivity contribution >= 4 is 0 Å². The SMILES string of the molecule is C[C@@H](O[C@H]1CCN(C2CCNC2)C[C@@H]1c1ccc(F)cc1)c1cc(C(F)(F)F)cc(C(F)(F)F)c1. The monoisotopic (exact) mass is 504 g/mol. The van der Waals surface area contributed by atoms with Crippen LogP contribution in [0.3, 0.4) is 0 Å². The van der Waals surface area contributed by atoms with Crippen molar-refractivity contribution in [2.45, 2.75) is 56.3 Å². The summed E-state index contributed by atoms with van der Waals surface area (Å²) in [6.07, 6.45) is -9.77. The summed E-state index contributed by atoms with van der Waals surface area (Å²) in [6, 6.07) is 7.88. The molecule has 2 aromatic carbocycles. The van der Waals surface area contributed by atoms with Crippen LogP contribution in [0.25, 0.3) is 0 Å². The van der Waals surface area contributed by atoms with Crippen LogP contribution < -0.4 is 5.32 Å². The molecule has 0 aliphatic carbocycles. The van der Waals surface area contributed by atoms with Gasteiger partial charge in [0.05, 0.1) is 23.3 Å². The summed E-state index contributed by atoms with van der Waals surface area (Å²) in [7, 11) is 0. The van der Waals surface area contributed by atoms with Gasteiger partial charge in [0.2, 0.25) is 0 Å². The van der Waals surface area contributed by atoms with Gasteiger partial charge in [0.15, 0.2) is 0 Å². The number of rotatable bonds is 5. The van der Waals surface area contributed by atoms with Crippen LogP contribution in [-0.2, 0) is 17.1 Å². The number of piperidine rings is 1. The summed E-state index contributed by atoms with van der Waals surface area (Å²) in [5.74, 6) is -0.601. The normalized spacial score (nSPS) is 25.1. The molecule has 4 rings (SSSR count). The van der Waals surface area contributed by atoms with Gasteiger partial charge in [-0.1, -0.05) is 12.1 Å². The number of likely N-dealkylation sites (tertiary alicyclic amines) is 1. The summed E-state index contributed by atoms with van der Waals surface area (Å²) in [5, 5.41) is 3.33. The third-order valence-corrected chi connectivity index (χ3v) is 6.89. The molecule has 4 atom stereocenters. The number of hydrogen-bond acceptors (Lipinski definition) is 3. The molecule has 1 N–H and O–H groups in total. The van der Waals surface area contributed by atoms with E-state index in [4.69, 9.17) is 4.74 Å². The second kappa shape index (κ2) is 10.1. The minimum absolute atomic E-state index is 0.117. The van der Waals surface area contributed by atoms with Crippen LogP contribution >= 0.6 is 0 Å². The van der Waals surface area contributed by atoms with Crippen molar-refractivity contribution in [1.82, 2.24) is 10.2 Å². The van der Waals surface area contributed by atoms with E-state index in [9.17, 15) is 30.7 Å². The molecule has 0 aromatic heterocycles. The Morgan fingerprint density at radius 2 is 1.57 bits per heavy atom. The Kier molecular flexibility index (Phi) is 7.45. The van der Waals surface area contributed by atoms with E-state index in [-0.39, 0.29) is 17.5 Å². The van der Waals surface area contributed by atoms with E-state index < -0.39 is 41.5 Å². The van der Waals surface area contributed by atoms with Crippen molar-refractivity contribution in [1.29, 1.82) is 0 Å². The molecule has 35 heavy (non-hydrogen) atoms. The van der Waals surface area contributed by atoms with Gasteiger partial charge in [-0.2, -0.15) is 26.3 Å². The van der Waals surface area contributed by atoms with Crippen LogP contribution in [0.15, 0.2) is 42.5 Å². The Balaban J connectivity index is 1.60. The van der Waals surface area contributed by atoms with E-state index in [0.717, 1.165) is 25.1 Å². The number of nitrogens with zero attached hydrogens (tertiary/aromatic N) is 1. The summed E-state index contributed by atoms with van der Waals surface area (Å²) < 4.78 is 99.6. The second-order valence-electron chi connectivity index (χ2n) is 9.24. The molecule has 2 fully saturated rings. The number of nitrogens with one attached hydrogen (secondary N) is 1. The van der Waals surface area contributed by atoms with Crippen LogP contribution in [-0.4, -0.2) is 43.2 Å². The maximum atomic E-state index is 13.5. The molecule has 2 aliphatic heterocycles. The smallest absolute Gasteiger partial charge is 0.370 e. The van der Waals surface area contributed by atoms with Crippen LogP contribution in [0.2, 0.25) is 0 Å². The van der Waals surface area contributed by atoms with Crippen molar-refractivity contribution in [2.75, 3.05) is 26.2 Å². The van der Waals surface area contributed by atoms with Gasteiger partial charge in [-0.05, 0) is 67.8 Å². The Morgan fingerprint density at radius 3 is 2.11 bits per heavy atom. The molecule has 0 amide bonds. The Labute approximate surface area is 199 Å². The highest BCUT2D eigenvalue weighted by Gasteiger charge is 2.39. The minimum atomic E-state index is -4.92. The van der Waals surface area contributed by atoms with Crippen LogP contribution in [0.1, 0.15) is 54.0 Å². The highest BCUT2D eigenvalue weighted by molar-refractivity contribution is 5.35. The molecule has 3 nitrogen and oxygen atoms in total. The quantitative estimate of drug-likeness (QED) is 0.494. The molecule has 0 bridgehead atoms. The molecule has 2 saturated heterocycles. The predicted molar refractivity (Wildman–Crippen MR) is 116 cm³/mol. The molecule has 0 radical (unpaired) electrons. The average molecular weight is 504 g/mol. The van der Waals surface area contributed by atoms with Gasteiger partial charge in [-0.3, -0.25) is 4.90 Å². The van der Waals surface area contributed by atoms with Crippen molar-refractivity contribution in [3.63, 3.8) is 0 Å². The highest BCUT2D eigenvalue weighted by atomic mass is 19.4. The van der Waals surface area contributed by atoms with Gasteiger partial charge < -0.3 is 10.1 Å². The molecule has 2 aliphatic rings. The maximum Gasteiger partial charge on any atom is 0.416 e. The molecular formula is C25H27F7N2O. The lowest BCUT2D eigenvalue weighted by molar-refractivity contribution is -0.143. The number of halogens is 7. The Morgan fingerprint density at radius 1 is 0.943 bits per heavy atom. The van der Waals surface area contributed by atoms with E-state index >= 15 is 0 Å². The lowest BCUT2D eigenvalue weighted by Gasteiger charge is -2.42. The molecule has 1 unspecified atom stereocenters. The molecule has 0 spiro atoms. The zero-order valence-electron chi connectivity index (χ0n) is 19.1. The standard InChI is InChI=1S/C25H27F7N2O/c1-15(17-10-18(24(27,28)29)12-19(11-17)25(30,31)32)35-23-7-9-34(21-6-8-33-13-21)14-22(23)16-2-4-20(26)5-3-16/h2-5,10-12,15,21-23,33H,6-9,13-14H2,1H3/t15-,21?,22-,23+/m1/s1. The molecule has 192 valence electrons. The molecule has 2 aromatic rings. The number of benzene rings is 2. The topological polar surface area (TPSA) is 24.5 Å². The van der Waals surface area contributed by atoms with Crippen molar-refractivity contribution in [3.8, 4) is 0 Å². The molecular weight excluding hydrogens is 477 g/mol. The second-order valence-corrected chi connectivity index (χ2v) is 9.24. The molecule has 2 heterocycles. The van der Waals surface area contributed by atoms with E-state index in [0.29, 0.717) is 37.7 Å². The van der Waals surface area contributed by atoms with E-state index in [2.05, 4.69) is 10.2 Å². The van der Waals surface area contributed by atoms with E-state index in [1.165, 1.54) is 19.1 Å². The number of ether oxygens (including phenoxy) is 1. The summed E-state index contributed by atoms with van der Waals surface area (Å²) in [5.41, 5.74) is -2.10. The van der Waals surface area contributed by atoms with Gasteiger partial charge in [-0.25, -0.2) is 4.39 Å². The zero-order valence-corrected chi connectivity index (χ0v) is 19.1. The van der Waals surface area contributed by atoms with Crippen LogP contribution in [0, 0.1) is 5.82 Å². The summed E-state index contributed by atoms with van der Waals surface area (Å²) >= 11 is 0. The first-order valence-electron chi connectivity index (χ1n) is 11.6. The minimum Gasteiger partial charge on any atom is -0.370 e. The first-order valence-corrected chi connectivity index (χ1v) is 11.6. The zero-order chi connectivity index (χ0) is 25.4. The fourth-order valence-corrected chi connectivity index (χ4v) is 4.99. The summed E-state index contributed by atoms with van der Waals surface area (Å²) in [6.45, 7) is 4.52. The van der Waals surface area contributed by atoms with Crippen molar-refractivity contribution in [2.24, 2.45) is 0 Å². The third-order valence-electron chi connectivity index (χ3n) is 6.89. The average Bonchev–Trinajstić information content (AvgIpc) is 3.33. The summed E-state index contributed by atoms with van der Waals surface area (Å²) in [4.78, 5) is 2.32. The van der Waals surface area contributed by atoms with Gasteiger partial charge in [-0.15, -0.1) is 0 Å². The first kappa shape index (κ1) is 25.9. The largest absolute Gasteiger partial charge is 0.416 e. The third kappa shape index (κ3) is 6.16. The fraction of sp³-hybridized carbons (Fsp3) is 0.520. The van der Waals surface area contributed by atoms with Gasteiger partial charge in [0.25, 0.3) is 0 Å². The lowest BCUT2D eigenvalue weighted by Crippen LogP contribution is -2.48. The van der Waals surface area contributed by atoms with Crippen molar-refractivity contribution in [3.05, 3.63) is 70.5 Å². The fourth-order valence-electron chi connectivity index (χ4n) is 4.99. The Bertz CT molecular complexity index is 968. The number of hydrogen-bond donors (Lipinski definition) is 1. The maximum absolute atomic E-state index is 13.5. The van der Waals surface area contributed by atoms with Crippen LogP contribution in [0.4, 0.5) is 30.7 Å². The van der Waals surface area contributed by atoms with E-state index in [1.54, 1.807) is 12.1 Å². The highest BCUT2D eigenvalue weighted by Crippen LogP contribution is 2.40. The van der Waals surface area contributed by atoms with Crippen molar-refractivity contribution < 1.29 is 35.5 Å². The predicted octanol–water partition coefficient (Wildman–Crippen LogP) is 6.16. The van der Waals surface area contributed by atoms with Gasteiger partial charge in [0, 0.05) is 31.6 Å². The lowest BCUT2D eigenvalue weighted by atomic mass is 9.86. The van der Waals surface area contributed by atoms with E-state index in [1.807, 2.05) is 0 Å². The number of alkyl halides is 6. The molecule has 0 saturated carbocycles. The van der Waals surface area contributed by atoms with Gasteiger partial charge >= 0.3 is 12.4 Å².